The van der Waals surface area contributed by atoms with Gasteiger partial charge in [-0.1, -0.05) is 19.3 Å². The van der Waals surface area contributed by atoms with Crippen LogP contribution in [0.25, 0.3) is 0 Å². The molecule has 0 spiro atoms. The Morgan fingerprint density at radius 3 is 2.89 bits per heavy atom. The third-order valence-corrected chi connectivity index (χ3v) is 4.62. The summed E-state index contributed by atoms with van der Waals surface area (Å²) < 4.78 is 7.72. The molecule has 1 saturated heterocycles. The van der Waals surface area contributed by atoms with Crippen molar-refractivity contribution in [1.82, 2.24) is 9.78 Å². The van der Waals surface area contributed by atoms with E-state index in [1.165, 1.54) is 37.8 Å². The first kappa shape index (κ1) is 13.1. The maximum absolute atomic E-state index is 6.16. The Bertz CT molecular complexity index is 398. The van der Waals surface area contributed by atoms with E-state index in [1.807, 2.05) is 0 Å². The fourth-order valence-electron chi connectivity index (χ4n) is 3.33. The molecular formula is C15H25N3O. The zero-order valence-corrected chi connectivity index (χ0v) is 11.6. The number of ether oxygens (including phenoxy) is 1. The lowest BCUT2D eigenvalue weighted by Crippen LogP contribution is -2.39. The molecule has 2 heterocycles. The summed E-state index contributed by atoms with van der Waals surface area (Å²) >= 11 is 0. The van der Waals surface area contributed by atoms with Crippen molar-refractivity contribution in [2.45, 2.75) is 57.0 Å². The number of rotatable bonds is 3. The zero-order valence-electron chi connectivity index (χ0n) is 11.6. The van der Waals surface area contributed by atoms with Gasteiger partial charge in [0.15, 0.2) is 0 Å². The highest BCUT2D eigenvalue weighted by molar-refractivity contribution is 5.03. The van der Waals surface area contributed by atoms with Crippen molar-refractivity contribution >= 4 is 0 Å². The average molecular weight is 263 g/mol. The van der Waals surface area contributed by atoms with Crippen LogP contribution in [0.4, 0.5) is 0 Å². The van der Waals surface area contributed by atoms with Crippen molar-refractivity contribution < 1.29 is 4.74 Å². The molecule has 2 fully saturated rings. The van der Waals surface area contributed by atoms with Crippen molar-refractivity contribution in [2.75, 3.05) is 13.2 Å². The van der Waals surface area contributed by atoms with Crippen molar-refractivity contribution in [3.63, 3.8) is 0 Å². The zero-order chi connectivity index (χ0) is 13.1. The second-order valence-electron chi connectivity index (χ2n) is 6.07. The van der Waals surface area contributed by atoms with E-state index in [1.54, 1.807) is 0 Å². The van der Waals surface area contributed by atoms with Gasteiger partial charge in [-0.2, -0.15) is 5.10 Å². The number of hydrogen-bond acceptors (Lipinski definition) is 3. The van der Waals surface area contributed by atoms with Crippen LogP contribution in [0.2, 0.25) is 0 Å². The molecule has 1 aliphatic carbocycles. The molecule has 106 valence electrons. The van der Waals surface area contributed by atoms with Crippen LogP contribution in [0.15, 0.2) is 12.3 Å². The van der Waals surface area contributed by atoms with Gasteiger partial charge in [-0.3, -0.25) is 4.68 Å². The predicted octanol–water partition coefficient (Wildman–Crippen LogP) is 2.29. The Labute approximate surface area is 115 Å². The quantitative estimate of drug-likeness (QED) is 0.910. The van der Waals surface area contributed by atoms with E-state index in [0.29, 0.717) is 12.0 Å². The maximum Gasteiger partial charge on any atom is 0.0628 e. The Hall–Kier alpha value is -0.870. The lowest BCUT2D eigenvalue weighted by molar-refractivity contribution is 0.0418. The third kappa shape index (κ3) is 3.18. The molecule has 2 aliphatic rings. The molecule has 0 aromatic carbocycles. The van der Waals surface area contributed by atoms with Crippen LogP contribution in [0, 0.1) is 5.92 Å². The van der Waals surface area contributed by atoms with E-state index >= 15 is 0 Å². The van der Waals surface area contributed by atoms with Crippen molar-refractivity contribution in [1.29, 1.82) is 0 Å². The summed E-state index contributed by atoms with van der Waals surface area (Å²) in [6.45, 7) is 1.60. The molecule has 1 aliphatic heterocycles. The van der Waals surface area contributed by atoms with E-state index in [2.05, 4.69) is 16.9 Å². The van der Waals surface area contributed by atoms with Gasteiger partial charge in [0.05, 0.1) is 18.3 Å². The number of hydrogen-bond donors (Lipinski definition) is 1. The molecule has 1 aromatic rings. The van der Waals surface area contributed by atoms with Crippen LogP contribution in [-0.2, 0) is 11.2 Å². The molecule has 0 radical (unpaired) electrons. The van der Waals surface area contributed by atoms with Crippen molar-refractivity contribution in [3.05, 3.63) is 18.0 Å². The largest absolute Gasteiger partial charge is 0.381 e. The van der Waals surface area contributed by atoms with Crippen LogP contribution in [0.3, 0.4) is 0 Å². The maximum atomic E-state index is 6.16. The van der Waals surface area contributed by atoms with Gasteiger partial charge in [-0.15, -0.1) is 0 Å². The van der Waals surface area contributed by atoms with E-state index < -0.39 is 0 Å². The van der Waals surface area contributed by atoms with Gasteiger partial charge in [0, 0.05) is 24.8 Å². The lowest BCUT2D eigenvalue weighted by Gasteiger charge is -2.28. The summed E-state index contributed by atoms with van der Waals surface area (Å²) in [5, 5.41) is 4.77. The van der Waals surface area contributed by atoms with E-state index in [0.717, 1.165) is 26.1 Å². The Morgan fingerprint density at radius 2 is 2.11 bits per heavy atom. The molecule has 0 amide bonds. The summed E-state index contributed by atoms with van der Waals surface area (Å²) in [5.41, 5.74) is 7.34. The highest BCUT2D eigenvalue weighted by Gasteiger charge is 2.24. The van der Waals surface area contributed by atoms with Crippen LogP contribution < -0.4 is 5.73 Å². The molecule has 0 bridgehead atoms. The van der Waals surface area contributed by atoms with Gasteiger partial charge in [-0.05, 0) is 31.7 Å². The predicted molar refractivity (Wildman–Crippen MR) is 75.0 cm³/mol. The minimum atomic E-state index is 0.272. The van der Waals surface area contributed by atoms with E-state index in [4.69, 9.17) is 15.6 Å². The third-order valence-electron chi connectivity index (χ3n) is 4.62. The van der Waals surface area contributed by atoms with Gasteiger partial charge < -0.3 is 10.5 Å². The van der Waals surface area contributed by atoms with Crippen molar-refractivity contribution in [2.24, 2.45) is 11.7 Å². The Morgan fingerprint density at radius 1 is 1.26 bits per heavy atom. The SMILES string of the molecule is NC1CCOCC1Cc1ccn(C2CCCCC2)n1. The summed E-state index contributed by atoms with van der Waals surface area (Å²) in [4.78, 5) is 0. The standard InChI is InChI=1S/C15H25N3O/c16-15-7-9-19-11-12(15)10-13-6-8-18(17-13)14-4-2-1-3-5-14/h6,8,12,14-15H,1-5,7,9-11,16H2. The molecule has 2 N–H and O–H groups in total. The van der Waals surface area contributed by atoms with Crippen LogP contribution in [-0.4, -0.2) is 29.0 Å². The molecule has 2 unspecified atom stereocenters. The Balaban J connectivity index is 1.60. The fraction of sp³-hybridized carbons (Fsp3) is 0.800. The monoisotopic (exact) mass is 263 g/mol. The molecule has 4 heteroatoms. The first-order valence-corrected chi connectivity index (χ1v) is 7.70. The van der Waals surface area contributed by atoms with E-state index in [9.17, 15) is 0 Å². The smallest absolute Gasteiger partial charge is 0.0628 e. The second kappa shape index (κ2) is 6.06. The van der Waals surface area contributed by atoms with Crippen molar-refractivity contribution in [3.8, 4) is 0 Å². The van der Waals surface area contributed by atoms with Gasteiger partial charge in [0.1, 0.15) is 0 Å². The molecule has 3 rings (SSSR count). The number of nitrogens with two attached hydrogens (primary N) is 1. The summed E-state index contributed by atoms with van der Waals surface area (Å²) in [7, 11) is 0. The molecule has 19 heavy (non-hydrogen) atoms. The highest BCUT2D eigenvalue weighted by Crippen LogP contribution is 2.27. The van der Waals surface area contributed by atoms with Gasteiger partial charge in [0.25, 0.3) is 0 Å². The highest BCUT2D eigenvalue weighted by atomic mass is 16.5. The minimum absolute atomic E-state index is 0.272. The normalized spacial score (nSPS) is 29.5. The van der Waals surface area contributed by atoms with Crippen LogP contribution in [0.5, 0.6) is 0 Å². The summed E-state index contributed by atoms with van der Waals surface area (Å²) in [5.74, 6) is 0.434. The molecular weight excluding hydrogens is 238 g/mol. The second-order valence-corrected chi connectivity index (χ2v) is 6.07. The first-order valence-electron chi connectivity index (χ1n) is 7.70. The van der Waals surface area contributed by atoms with Crippen LogP contribution in [0.1, 0.15) is 50.3 Å². The topological polar surface area (TPSA) is 53.1 Å². The fourth-order valence-corrected chi connectivity index (χ4v) is 3.33. The van der Waals surface area contributed by atoms with Gasteiger partial charge in [0.2, 0.25) is 0 Å². The number of aromatic nitrogens is 2. The summed E-state index contributed by atoms with van der Waals surface area (Å²) in [6.07, 6.45) is 10.7. The van der Waals surface area contributed by atoms with Gasteiger partial charge in [-0.25, -0.2) is 0 Å². The summed E-state index contributed by atoms with van der Waals surface area (Å²) in [6, 6.07) is 3.06. The minimum Gasteiger partial charge on any atom is -0.381 e. The average Bonchev–Trinajstić information content (AvgIpc) is 2.91. The molecule has 4 nitrogen and oxygen atoms in total. The van der Waals surface area contributed by atoms with Gasteiger partial charge >= 0.3 is 0 Å². The Kier molecular flexibility index (Phi) is 4.18. The van der Waals surface area contributed by atoms with Crippen LogP contribution >= 0.6 is 0 Å². The molecule has 1 aromatic heterocycles. The first-order chi connectivity index (χ1) is 9.33. The number of nitrogens with zero attached hydrogens (tertiary/aromatic N) is 2. The lowest BCUT2D eigenvalue weighted by atomic mass is 9.92. The van der Waals surface area contributed by atoms with E-state index in [-0.39, 0.29) is 6.04 Å². The molecule has 2 atom stereocenters. The molecule has 1 saturated carbocycles.